The van der Waals surface area contributed by atoms with Crippen LogP contribution in [-0.4, -0.2) is 22.4 Å². The van der Waals surface area contributed by atoms with E-state index in [1.807, 2.05) is 0 Å². The maximum Gasteiger partial charge on any atom is 0.247 e. The molecule has 0 spiro atoms. The van der Waals surface area contributed by atoms with Gasteiger partial charge in [-0.05, 0) is 13.8 Å². The molecule has 1 aromatic heterocycles. The van der Waals surface area contributed by atoms with Gasteiger partial charge in [-0.1, -0.05) is 11.6 Å². The average molecular weight is 236 g/mol. The minimum absolute atomic E-state index is 0.150. The molecule has 3 nitrogen and oxygen atoms in total. The van der Waals surface area contributed by atoms with Crippen molar-refractivity contribution in [2.24, 2.45) is 0 Å². The molecule has 6 heteroatoms. The highest BCUT2D eigenvalue weighted by Crippen LogP contribution is 2.20. The first-order chi connectivity index (χ1) is 6.90. The molecule has 15 heavy (non-hydrogen) atoms. The molecule has 0 atom stereocenters. The third-order valence-corrected chi connectivity index (χ3v) is 2.26. The van der Waals surface area contributed by atoms with Crippen molar-refractivity contribution in [3.05, 3.63) is 17.0 Å². The van der Waals surface area contributed by atoms with Crippen molar-refractivity contribution in [2.45, 2.75) is 26.2 Å². The van der Waals surface area contributed by atoms with E-state index in [1.54, 1.807) is 6.92 Å². The van der Waals surface area contributed by atoms with Gasteiger partial charge in [-0.15, -0.1) is 0 Å². The van der Waals surface area contributed by atoms with E-state index in [4.69, 9.17) is 11.6 Å². The number of anilines is 1. The molecule has 0 saturated heterocycles. The molecule has 0 bridgehead atoms. The lowest BCUT2D eigenvalue weighted by molar-refractivity contribution is 0.0166. The summed E-state index contributed by atoms with van der Waals surface area (Å²) in [6, 6.07) is 0. The molecule has 0 unspecified atom stereocenters. The maximum absolute atomic E-state index is 12.5. The molecule has 0 aliphatic carbocycles. The van der Waals surface area contributed by atoms with Crippen LogP contribution in [0.4, 0.5) is 14.6 Å². The lowest BCUT2D eigenvalue weighted by Crippen LogP contribution is -2.17. The first-order valence-electron chi connectivity index (χ1n) is 4.49. The van der Waals surface area contributed by atoms with Crippen molar-refractivity contribution in [3.8, 4) is 0 Å². The molecule has 0 aromatic carbocycles. The predicted octanol–water partition coefficient (Wildman–Crippen LogP) is 2.90. The lowest BCUT2D eigenvalue weighted by Gasteiger charge is -2.12. The first-order valence-corrected chi connectivity index (χ1v) is 4.87. The van der Waals surface area contributed by atoms with Gasteiger partial charge in [0.2, 0.25) is 5.92 Å². The Labute approximate surface area is 91.9 Å². The highest BCUT2D eigenvalue weighted by atomic mass is 35.5. The Bertz CT molecular complexity index is 339. The van der Waals surface area contributed by atoms with Gasteiger partial charge in [-0.25, -0.2) is 18.7 Å². The van der Waals surface area contributed by atoms with E-state index in [1.165, 1.54) is 6.33 Å². The van der Waals surface area contributed by atoms with Gasteiger partial charge >= 0.3 is 0 Å². The average Bonchev–Trinajstić information content (AvgIpc) is 2.10. The fraction of sp³-hybridized carbons (Fsp3) is 0.556. The molecule has 1 rings (SSSR count). The van der Waals surface area contributed by atoms with E-state index in [0.717, 1.165) is 6.92 Å². The number of alkyl halides is 2. The summed E-state index contributed by atoms with van der Waals surface area (Å²) in [6.07, 6.45) is 1.05. The first kappa shape index (κ1) is 12.1. The molecule has 0 amide bonds. The Balaban J connectivity index is 2.55. The predicted molar refractivity (Wildman–Crippen MR) is 55.5 cm³/mol. The Morgan fingerprint density at radius 2 is 2.13 bits per heavy atom. The zero-order valence-electron chi connectivity index (χ0n) is 8.52. The molecule has 0 aliphatic heterocycles. The molecular formula is C9H12ClF2N3. The molecule has 0 radical (unpaired) electrons. The normalized spacial score (nSPS) is 11.5. The lowest BCUT2D eigenvalue weighted by atomic mass is 10.2. The number of nitrogens with zero attached hydrogens (tertiary/aromatic N) is 2. The smallest absolute Gasteiger partial charge is 0.247 e. The summed E-state index contributed by atoms with van der Waals surface area (Å²) in [7, 11) is 0. The minimum atomic E-state index is -2.67. The van der Waals surface area contributed by atoms with Crippen molar-refractivity contribution >= 4 is 17.4 Å². The second kappa shape index (κ2) is 4.70. The summed E-state index contributed by atoms with van der Waals surface area (Å²) in [5.41, 5.74) is 0.665. The maximum atomic E-state index is 12.5. The van der Waals surface area contributed by atoms with Crippen LogP contribution in [0.25, 0.3) is 0 Å². The quantitative estimate of drug-likeness (QED) is 0.816. The molecule has 1 heterocycles. The molecule has 0 fully saturated rings. The fourth-order valence-corrected chi connectivity index (χ4v) is 1.14. The van der Waals surface area contributed by atoms with Gasteiger partial charge in [0.15, 0.2) is 0 Å². The Hall–Kier alpha value is -0.970. The molecule has 1 N–H and O–H groups in total. The molecule has 84 valence electrons. The van der Waals surface area contributed by atoms with Gasteiger partial charge in [0.25, 0.3) is 0 Å². The third kappa shape index (κ3) is 3.95. The van der Waals surface area contributed by atoms with Crippen molar-refractivity contribution in [2.75, 3.05) is 11.9 Å². The zero-order chi connectivity index (χ0) is 11.5. The summed E-state index contributed by atoms with van der Waals surface area (Å²) >= 11 is 5.74. The van der Waals surface area contributed by atoms with E-state index >= 15 is 0 Å². The van der Waals surface area contributed by atoms with Gasteiger partial charge in [0.1, 0.15) is 17.3 Å². The number of rotatable bonds is 4. The summed E-state index contributed by atoms with van der Waals surface area (Å²) in [6.45, 7) is 2.76. The largest absolute Gasteiger partial charge is 0.369 e. The van der Waals surface area contributed by atoms with Crippen LogP contribution in [0, 0.1) is 6.92 Å². The van der Waals surface area contributed by atoms with Crippen LogP contribution in [0.3, 0.4) is 0 Å². The SMILES string of the molecule is Cc1c(Cl)ncnc1NCCC(C)(F)F. The monoisotopic (exact) mass is 235 g/mol. The number of hydrogen-bond acceptors (Lipinski definition) is 3. The number of aromatic nitrogens is 2. The topological polar surface area (TPSA) is 37.8 Å². The van der Waals surface area contributed by atoms with Gasteiger partial charge in [-0.2, -0.15) is 0 Å². The summed E-state index contributed by atoms with van der Waals surface area (Å²) in [5, 5.41) is 3.12. The van der Waals surface area contributed by atoms with E-state index in [2.05, 4.69) is 15.3 Å². The highest BCUT2D eigenvalue weighted by molar-refractivity contribution is 6.30. The van der Waals surface area contributed by atoms with Gasteiger partial charge in [-0.3, -0.25) is 0 Å². The van der Waals surface area contributed by atoms with Crippen molar-refractivity contribution in [1.82, 2.24) is 9.97 Å². The van der Waals surface area contributed by atoms with Crippen LogP contribution in [-0.2, 0) is 0 Å². The van der Waals surface area contributed by atoms with Gasteiger partial charge < -0.3 is 5.32 Å². The standard InChI is InChI=1S/C9H12ClF2N3/c1-6-7(10)14-5-15-8(6)13-4-3-9(2,11)12/h5H,3-4H2,1-2H3,(H,13,14,15). The van der Waals surface area contributed by atoms with E-state index in [9.17, 15) is 8.78 Å². The van der Waals surface area contributed by atoms with E-state index in [0.29, 0.717) is 16.5 Å². The molecule has 0 aliphatic rings. The summed E-state index contributed by atoms with van der Waals surface area (Å²) < 4.78 is 25.0. The molecule has 0 saturated carbocycles. The van der Waals surface area contributed by atoms with Crippen LogP contribution < -0.4 is 5.32 Å². The summed E-state index contributed by atoms with van der Waals surface area (Å²) in [5.74, 6) is -2.17. The van der Waals surface area contributed by atoms with Crippen molar-refractivity contribution < 1.29 is 8.78 Å². The Morgan fingerprint density at radius 3 is 2.73 bits per heavy atom. The number of hydrogen-bond donors (Lipinski definition) is 1. The molecular weight excluding hydrogens is 224 g/mol. The van der Waals surface area contributed by atoms with Crippen LogP contribution in [0.5, 0.6) is 0 Å². The van der Waals surface area contributed by atoms with Gasteiger partial charge in [0.05, 0.1) is 0 Å². The van der Waals surface area contributed by atoms with Crippen molar-refractivity contribution in [1.29, 1.82) is 0 Å². The Morgan fingerprint density at radius 1 is 1.47 bits per heavy atom. The number of nitrogens with one attached hydrogen (secondary N) is 1. The fourth-order valence-electron chi connectivity index (χ4n) is 1.01. The van der Waals surface area contributed by atoms with Crippen LogP contribution in [0.1, 0.15) is 18.9 Å². The second-order valence-corrected chi connectivity index (χ2v) is 3.74. The molecule has 1 aromatic rings. The van der Waals surface area contributed by atoms with Crippen molar-refractivity contribution in [3.63, 3.8) is 0 Å². The van der Waals surface area contributed by atoms with E-state index < -0.39 is 5.92 Å². The minimum Gasteiger partial charge on any atom is -0.369 e. The zero-order valence-corrected chi connectivity index (χ0v) is 9.28. The second-order valence-electron chi connectivity index (χ2n) is 3.39. The van der Waals surface area contributed by atoms with Crippen LogP contribution >= 0.6 is 11.6 Å². The Kier molecular flexibility index (Phi) is 3.79. The van der Waals surface area contributed by atoms with Gasteiger partial charge in [0, 0.05) is 18.5 Å². The third-order valence-electron chi connectivity index (χ3n) is 1.88. The summed E-state index contributed by atoms with van der Waals surface area (Å²) in [4.78, 5) is 7.67. The number of halogens is 3. The van der Waals surface area contributed by atoms with E-state index in [-0.39, 0.29) is 13.0 Å². The highest BCUT2D eigenvalue weighted by Gasteiger charge is 2.20. The van der Waals surface area contributed by atoms with Crippen LogP contribution in [0.15, 0.2) is 6.33 Å². The van der Waals surface area contributed by atoms with Crippen LogP contribution in [0.2, 0.25) is 5.15 Å².